The zero-order chi connectivity index (χ0) is 27.2. The number of carbonyl (C=O) groups is 2. The van der Waals surface area contributed by atoms with E-state index in [1.807, 2.05) is 43.3 Å². The first-order valence-corrected chi connectivity index (χ1v) is 13.2. The third kappa shape index (κ3) is 6.03. The highest BCUT2D eigenvalue weighted by molar-refractivity contribution is 6.46. The molecule has 4 rings (SSSR count). The van der Waals surface area contributed by atoms with Crippen LogP contribution in [0.15, 0.2) is 78.4 Å². The van der Waals surface area contributed by atoms with Gasteiger partial charge in [-0.25, -0.2) is 0 Å². The molecule has 0 spiro atoms. The van der Waals surface area contributed by atoms with Gasteiger partial charge in [0.15, 0.2) is 11.5 Å². The predicted octanol–water partition coefficient (Wildman–Crippen LogP) is 6.79. The fraction of sp³-hybridized carbons (Fsp3) is 0.290. The molecule has 0 bridgehead atoms. The molecule has 0 saturated carbocycles. The third-order valence-corrected chi connectivity index (χ3v) is 6.64. The number of nitrogens with zero attached hydrogens (tertiary/aromatic N) is 1. The number of hydrogen-bond acceptors (Lipinski definition) is 5. The van der Waals surface area contributed by atoms with Crippen molar-refractivity contribution in [2.45, 2.75) is 39.8 Å². The number of aliphatic hydroxyl groups is 1. The molecule has 1 aliphatic rings. The van der Waals surface area contributed by atoms with Crippen LogP contribution in [0.2, 0.25) is 5.02 Å². The van der Waals surface area contributed by atoms with Crippen LogP contribution in [0.3, 0.4) is 0 Å². The normalized spacial score (nSPS) is 16.8. The quantitative estimate of drug-likeness (QED) is 0.176. The van der Waals surface area contributed by atoms with Crippen LogP contribution in [0.4, 0.5) is 0 Å². The summed E-state index contributed by atoms with van der Waals surface area (Å²) in [5.74, 6) is -0.0658. The number of ether oxygens (including phenoxy) is 2. The Morgan fingerprint density at radius 2 is 1.68 bits per heavy atom. The molecule has 1 unspecified atom stereocenters. The van der Waals surface area contributed by atoms with Gasteiger partial charge in [0.25, 0.3) is 11.7 Å². The molecule has 1 N–H and O–H groups in total. The molecule has 1 fully saturated rings. The molecule has 1 atom stereocenters. The molecule has 198 valence electrons. The van der Waals surface area contributed by atoms with Crippen LogP contribution in [-0.4, -0.2) is 34.9 Å². The fourth-order valence-corrected chi connectivity index (χ4v) is 4.55. The van der Waals surface area contributed by atoms with Gasteiger partial charge in [-0.15, -0.1) is 0 Å². The number of ketones is 1. The van der Waals surface area contributed by atoms with Crippen LogP contribution in [0.5, 0.6) is 11.5 Å². The molecule has 1 saturated heterocycles. The molecule has 7 heteroatoms. The number of hydrogen-bond donors (Lipinski definition) is 1. The summed E-state index contributed by atoms with van der Waals surface area (Å²) >= 11 is 6.03. The second-order valence-corrected chi connectivity index (χ2v) is 10.0. The smallest absolute Gasteiger partial charge is 0.295 e. The van der Waals surface area contributed by atoms with Gasteiger partial charge in [-0.2, -0.15) is 0 Å². The minimum absolute atomic E-state index is 0.0178. The first-order valence-electron chi connectivity index (χ1n) is 12.8. The van der Waals surface area contributed by atoms with Gasteiger partial charge in [0, 0.05) is 17.1 Å². The van der Waals surface area contributed by atoms with E-state index in [-0.39, 0.29) is 17.9 Å². The van der Waals surface area contributed by atoms with Crippen LogP contribution in [0.25, 0.3) is 5.76 Å². The van der Waals surface area contributed by atoms with E-state index in [1.165, 1.54) is 4.90 Å². The first kappa shape index (κ1) is 27.3. The highest BCUT2D eigenvalue weighted by atomic mass is 35.5. The van der Waals surface area contributed by atoms with Crippen LogP contribution in [0, 0.1) is 5.92 Å². The molecular formula is C31H32ClNO5. The molecule has 1 heterocycles. The molecule has 1 amide bonds. The topological polar surface area (TPSA) is 76.1 Å². The van der Waals surface area contributed by atoms with E-state index in [1.54, 1.807) is 36.4 Å². The van der Waals surface area contributed by atoms with E-state index in [2.05, 4.69) is 13.8 Å². The van der Waals surface area contributed by atoms with Crippen molar-refractivity contribution in [2.24, 2.45) is 5.92 Å². The number of carbonyl (C=O) groups excluding carboxylic acids is 2. The zero-order valence-electron chi connectivity index (χ0n) is 21.8. The Kier molecular flexibility index (Phi) is 8.74. The molecule has 3 aromatic carbocycles. The second kappa shape index (κ2) is 12.2. The molecule has 3 aromatic rings. The fourth-order valence-electron chi connectivity index (χ4n) is 4.42. The summed E-state index contributed by atoms with van der Waals surface area (Å²) in [6.07, 6.45) is 0.894. The van der Waals surface area contributed by atoms with Crippen molar-refractivity contribution in [1.82, 2.24) is 4.90 Å². The summed E-state index contributed by atoms with van der Waals surface area (Å²) in [6, 6.07) is 20.5. The molecule has 6 nitrogen and oxygen atoms in total. The summed E-state index contributed by atoms with van der Waals surface area (Å²) in [5, 5.41) is 11.8. The Bertz CT molecular complexity index is 1320. The van der Waals surface area contributed by atoms with E-state index in [0.29, 0.717) is 46.8 Å². The number of benzene rings is 3. The second-order valence-electron chi connectivity index (χ2n) is 9.59. The van der Waals surface area contributed by atoms with Crippen LogP contribution < -0.4 is 9.47 Å². The van der Waals surface area contributed by atoms with Gasteiger partial charge in [-0.3, -0.25) is 9.59 Å². The van der Waals surface area contributed by atoms with Crippen molar-refractivity contribution >= 4 is 29.1 Å². The van der Waals surface area contributed by atoms with Gasteiger partial charge < -0.3 is 19.5 Å². The lowest BCUT2D eigenvalue weighted by molar-refractivity contribution is -0.140. The van der Waals surface area contributed by atoms with Crippen LogP contribution >= 0.6 is 11.6 Å². The van der Waals surface area contributed by atoms with Crippen molar-refractivity contribution in [3.63, 3.8) is 0 Å². The summed E-state index contributed by atoms with van der Waals surface area (Å²) in [6.45, 7) is 7.30. The van der Waals surface area contributed by atoms with E-state index < -0.39 is 17.7 Å². The lowest BCUT2D eigenvalue weighted by Gasteiger charge is -2.26. The number of Topliss-reactive ketones (excluding diaryl/α,β-unsaturated/α-hetero) is 1. The summed E-state index contributed by atoms with van der Waals surface area (Å²) in [4.78, 5) is 28.2. The monoisotopic (exact) mass is 533 g/mol. The van der Waals surface area contributed by atoms with Crippen molar-refractivity contribution in [1.29, 1.82) is 0 Å². The Labute approximate surface area is 228 Å². The summed E-state index contributed by atoms with van der Waals surface area (Å²) < 4.78 is 11.9. The minimum atomic E-state index is -0.824. The van der Waals surface area contributed by atoms with Gasteiger partial charge in [0.1, 0.15) is 5.76 Å². The van der Waals surface area contributed by atoms with E-state index in [0.717, 1.165) is 12.0 Å². The third-order valence-electron chi connectivity index (χ3n) is 6.39. The van der Waals surface area contributed by atoms with Crippen LogP contribution in [0.1, 0.15) is 49.9 Å². The van der Waals surface area contributed by atoms with Crippen molar-refractivity contribution in [3.8, 4) is 11.5 Å². The predicted molar refractivity (Wildman–Crippen MR) is 148 cm³/mol. The maximum Gasteiger partial charge on any atom is 0.295 e. The molecule has 0 radical (unpaired) electrons. The van der Waals surface area contributed by atoms with Crippen molar-refractivity contribution < 1.29 is 24.2 Å². The molecular weight excluding hydrogens is 502 g/mol. The zero-order valence-corrected chi connectivity index (χ0v) is 22.6. The minimum Gasteiger partial charge on any atom is -0.507 e. The van der Waals surface area contributed by atoms with Crippen molar-refractivity contribution in [3.05, 3.63) is 100 Å². The summed E-state index contributed by atoms with van der Waals surface area (Å²) in [7, 11) is 0. The molecule has 1 aliphatic heterocycles. The molecule has 0 aliphatic carbocycles. The number of aliphatic hydroxyl groups excluding tert-OH is 1. The molecule has 38 heavy (non-hydrogen) atoms. The Hall–Kier alpha value is -3.77. The lowest BCUT2D eigenvalue weighted by atomic mass is 9.94. The van der Waals surface area contributed by atoms with Gasteiger partial charge in [-0.05, 0) is 66.8 Å². The van der Waals surface area contributed by atoms with E-state index in [4.69, 9.17) is 21.1 Å². The van der Waals surface area contributed by atoms with Crippen molar-refractivity contribution in [2.75, 3.05) is 13.2 Å². The number of rotatable bonds is 10. The highest BCUT2D eigenvalue weighted by Crippen LogP contribution is 2.43. The maximum atomic E-state index is 13.4. The summed E-state index contributed by atoms with van der Waals surface area (Å²) in [5.41, 5.74) is 1.92. The first-order chi connectivity index (χ1) is 18.3. The maximum absolute atomic E-state index is 13.4. The molecule has 0 aromatic heterocycles. The average molecular weight is 534 g/mol. The van der Waals surface area contributed by atoms with Gasteiger partial charge >= 0.3 is 0 Å². The Morgan fingerprint density at radius 1 is 0.974 bits per heavy atom. The Balaban J connectivity index is 1.81. The van der Waals surface area contributed by atoms with Crippen LogP contribution in [-0.2, 0) is 16.1 Å². The number of likely N-dealkylation sites (tertiary alicyclic amines) is 1. The Morgan fingerprint density at radius 3 is 2.34 bits per heavy atom. The highest BCUT2D eigenvalue weighted by Gasteiger charge is 2.46. The standard InChI is InChI=1S/C31H32ClNO5/c1-4-37-26-18-23(12-15-25(26)38-17-16-20(2)3)28-27(29(34)22-10-13-24(32)14-11-22)30(35)31(36)33(28)19-21-8-6-5-7-9-21/h5-15,18,20,28,34H,4,16-17,19H2,1-3H3. The lowest BCUT2D eigenvalue weighted by Crippen LogP contribution is -2.29. The van der Waals surface area contributed by atoms with Gasteiger partial charge in [0.05, 0.1) is 24.8 Å². The SMILES string of the molecule is CCOc1cc(C2C(=C(O)c3ccc(Cl)cc3)C(=O)C(=O)N2Cc2ccccc2)ccc1OCCC(C)C. The van der Waals surface area contributed by atoms with Gasteiger partial charge in [-0.1, -0.05) is 61.8 Å². The number of amides is 1. The number of halogens is 1. The van der Waals surface area contributed by atoms with Gasteiger partial charge in [0.2, 0.25) is 0 Å². The van der Waals surface area contributed by atoms with E-state index in [9.17, 15) is 14.7 Å². The van der Waals surface area contributed by atoms with E-state index >= 15 is 0 Å². The largest absolute Gasteiger partial charge is 0.507 e. The average Bonchev–Trinajstić information content (AvgIpc) is 3.15.